The number of hydrogen-bond donors (Lipinski definition) is 0. The molecule has 0 spiro atoms. The highest BCUT2D eigenvalue weighted by Gasteiger charge is 2.47. The molecular formula is C14H16O3. The summed E-state index contributed by atoms with van der Waals surface area (Å²) in [5, 5.41) is 0. The molecule has 1 aliphatic carbocycles. The fourth-order valence-electron chi connectivity index (χ4n) is 2.57. The van der Waals surface area contributed by atoms with Crippen molar-refractivity contribution in [3.05, 3.63) is 35.9 Å². The molecule has 0 unspecified atom stereocenters. The lowest BCUT2D eigenvalue weighted by atomic mass is 9.90. The van der Waals surface area contributed by atoms with Gasteiger partial charge >= 0.3 is 5.97 Å². The number of carbonyl (C=O) groups is 1. The van der Waals surface area contributed by atoms with Gasteiger partial charge in [-0.3, -0.25) is 0 Å². The zero-order valence-corrected chi connectivity index (χ0v) is 9.67. The van der Waals surface area contributed by atoms with Gasteiger partial charge in [0.15, 0.2) is 0 Å². The van der Waals surface area contributed by atoms with Crippen LogP contribution in [0, 0.1) is 5.92 Å². The Balaban J connectivity index is 1.52. The summed E-state index contributed by atoms with van der Waals surface area (Å²) < 4.78 is 10.9. The maximum atomic E-state index is 11.7. The average Bonchev–Trinajstić information content (AvgIpc) is 3.16. The number of hydrogen-bond acceptors (Lipinski definition) is 3. The van der Waals surface area contributed by atoms with E-state index in [0.717, 1.165) is 6.42 Å². The zero-order chi connectivity index (χ0) is 11.7. The first-order chi connectivity index (χ1) is 8.34. The topological polar surface area (TPSA) is 38.8 Å². The minimum Gasteiger partial charge on any atom is -0.462 e. The van der Waals surface area contributed by atoms with Gasteiger partial charge in [0.1, 0.15) is 0 Å². The van der Waals surface area contributed by atoms with Crippen molar-refractivity contribution in [2.75, 3.05) is 6.61 Å². The maximum Gasteiger partial charge on any atom is 0.338 e. The molecule has 17 heavy (non-hydrogen) atoms. The van der Waals surface area contributed by atoms with Crippen molar-refractivity contribution in [1.82, 2.24) is 0 Å². The molecule has 3 heteroatoms. The second-order valence-corrected chi connectivity index (χ2v) is 4.79. The Bertz CT molecular complexity index is 401. The first-order valence-corrected chi connectivity index (χ1v) is 6.22. The Hall–Kier alpha value is -1.35. The molecule has 3 rings (SSSR count). The van der Waals surface area contributed by atoms with Crippen molar-refractivity contribution in [3.63, 3.8) is 0 Å². The van der Waals surface area contributed by atoms with E-state index in [0.29, 0.717) is 30.3 Å². The maximum absolute atomic E-state index is 11.7. The number of epoxide rings is 1. The summed E-state index contributed by atoms with van der Waals surface area (Å²) in [5.41, 5.74) is 0.622. The van der Waals surface area contributed by atoms with Crippen molar-refractivity contribution in [1.29, 1.82) is 0 Å². The number of esters is 1. The molecule has 1 saturated carbocycles. The molecule has 1 aromatic rings. The average molecular weight is 232 g/mol. The van der Waals surface area contributed by atoms with Gasteiger partial charge in [0, 0.05) is 5.92 Å². The number of fused-ring (bicyclic) bond motifs is 1. The first-order valence-electron chi connectivity index (χ1n) is 6.22. The normalized spacial score (nSPS) is 30.5. The van der Waals surface area contributed by atoms with Crippen molar-refractivity contribution in [2.24, 2.45) is 5.92 Å². The van der Waals surface area contributed by atoms with E-state index in [-0.39, 0.29) is 5.97 Å². The van der Waals surface area contributed by atoms with Crippen LogP contribution in [0.4, 0.5) is 0 Å². The third kappa shape index (κ3) is 2.34. The standard InChI is InChI=1S/C14H16O3/c15-14(10-5-2-1-3-6-10)16-9-11-7-4-8-12-13(11)17-12/h1-3,5-6,11-13H,4,7-9H2/t11-,12-,13+/m1/s1. The molecule has 1 aromatic carbocycles. The van der Waals surface area contributed by atoms with Gasteiger partial charge in [0.25, 0.3) is 0 Å². The summed E-state index contributed by atoms with van der Waals surface area (Å²) in [6.45, 7) is 0.495. The van der Waals surface area contributed by atoms with Crippen LogP contribution in [0.1, 0.15) is 29.6 Å². The Kier molecular flexibility index (Phi) is 2.85. The lowest BCUT2D eigenvalue weighted by Gasteiger charge is -2.17. The van der Waals surface area contributed by atoms with Gasteiger partial charge in [-0.05, 0) is 25.0 Å². The molecule has 2 aliphatic rings. The van der Waals surface area contributed by atoms with Crippen molar-refractivity contribution >= 4 is 5.97 Å². The van der Waals surface area contributed by atoms with E-state index in [1.807, 2.05) is 18.2 Å². The fourth-order valence-corrected chi connectivity index (χ4v) is 2.57. The monoisotopic (exact) mass is 232 g/mol. The summed E-state index contributed by atoms with van der Waals surface area (Å²) in [5.74, 6) is 0.176. The van der Waals surface area contributed by atoms with Gasteiger partial charge < -0.3 is 9.47 Å². The Morgan fingerprint density at radius 3 is 2.94 bits per heavy atom. The molecule has 1 saturated heterocycles. The third-order valence-electron chi connectivity index (χ3n) is 3.59. The summed E-state index contributed by atoms with van der Waals surface area (Å²) in [4.78, 5) is 11.7. The molecule has 1 aliphatic heterocycles. The van der Waals surface area contributed by atoms with Gasteiger partial charge in [0.2, 0.25) is 0 Å². The van der Waals surface area contributed by atoms with Crippen LogP contribution in [0.3, 0.4) is 0 Å². The molecule has 0 N–H and O–H groups in total. The molecule has 0 aromatic heterocycles. The van der Waals surface area contributed by atoms with Gasteiger partial charge in [-0.25, -0.2) is 4.79 Å². The largest absolute Gasteiger partial charge is 0.462 e. The SMILES string of the molecule is O=C(OC[C@H]1CCC[C@H]2O[C@@H]12)c1ccccc1. The van der Waals surface area contributed by atoms with Crippen LogP contribution in [0.5, 0.6) is 0 Å². The van der Waals surface area contributed by atoms with E-state index in [1.54, 1.807) is 12.1 Å². The summed E-state index contributed by atoms with van der Waals surface area (Å²) in [6, 6.07) is 9.13. The molecule has 90 valence electrons. The van der Waals surface area contributed by atoms with Crippen LogP contribution in [-0.4, -0.2) is 24.8 Å². The van der Waals surface area contributed by atoms with Crippen LogP contribution < -0.4 is 0 Å². The number of rotatable bonds is 3. The lowest BCUT2D eigenvalue weighted by molar-refractivity contribution is 0.0406. The number of benzene rings is 1. The van der Waals surface area contributed by atoms with E-state index in [1.165, 1.54) is 12.8 Å². The second-order valence-electron chi connectivity index (χ2n) is 4.79. The zero-order valence-electron chi connectivity index (χ0n) is 9.67. The highest BCUT2D eigenvalue weighted by atomic mass is 16.6. The van der Waals surface area contributed by atoms with Gasteiger partial charge in [-0.2, -0.15) is 0 Å². The van der Waals surface area contributed by atoms with Crippen LogP contribution >= 0.6 is 0 Å². The Morgan fingerprint density at radius 2 is 2.12 bits per heavy atom. The molecule has 1 heterocycles. The highest BCUT2D eigenvalue weighted by Crippen LogP contribution is 2.40. The summed E-state index contributed by atoms with van der Waals surface area (Å²) in [6.07, 6.45) is 4.28. The number of carbonyl (C=O) groups excluding carboxylic acids is 1. The molecule has 2 fully saturated rings. The van der Waals surface area contributed by atoms with Gasteiger partial charge in [-0.1, -0.05) is 24.6 Å². The number of ether oxygens (including phenoxy) is 2. The van der Waals surface area contributed by atoms with Gasteiger partial charge in [-0.15, -0.1) is 0 Å². The molecule has 0 radical (unpaired) electrons. The lowest BCUT2D eigenvalue weighted by Crippen LogP contribution is -2.23. The highest BCUT2D eigenvalue weighted by molar-refractivity contribution is 5.89. The smallest absolute Gasteiger partial charge is 0.338 e. The quantitative estimate of drug-likeness (QED) is 0.593. The van der Waals surface area contributed by atoms with Crippen LogP contribution in [0.15, 0.2) is 30.3 Å². The molecule has 3 nitrogen and oxygen atoms in total. The second kappa shape index (κ2) is 4.49. The van der Waals surface area contributed by atoms with E-state index >= 15 is 0 Å². The van der Waals surface area contributed by atoms with Crippen molar-refractivity contribution in [2.45, 2.75) is 31.5 Å². The molecule has 0 bridgehead atoms. The van der Waals surface area contributed by atoms with E-state index < -0.39 is 0 Å². The van der Waals surface area contributed by atoms with E-state index in [9.17, 15) is 4.79 Å². The minimum atomic E-state index is -0.228. The van der Waals surface area contributed by atoms with Crippen LogP contribution in [-0.2, 0) is 9.47 Å². The van der Waals surface area contributed by atoms with E-state index in [2.05, 4.69) is 0 Å². The fraction of sp³-hybridized carbons (Fsp3) is 0.500. The molecular weight excluding hydrogens is 216 g/mol. The van der Waals surface area contributed by atoms with Crippen LogP contribution in [0.2, 0.25) is 0 Å². The summed E-state index contributed by atoms with van der Waals surface area (Å²) in [7, 11) is 0. The summed E-state index contributed by atoms with van der Waals surface area (Å²) >= 11 is 0. The molecule has 0 amide bonds. The van der Waals surface area contributed by atoms with E-state index in [4.69, 9.17) is 9.47 Å². The predicted octanol–water partition coefficient (Wildman–Crippen LogP) is 2.41. The minimum absolute atomic E-state index is 0.228. The van der Waals surface area contributed by atoms with Crippen LogP contribution in [0.25, 0.3) is 0 Å². The Morgan fingerprint density at radius 1 is 1.29 bits per heavy atom. The Labute approximate surface area is 101 Å². The van der Waals surface area contributed by atoms with Gasteiger partial charge in [0.05, 0.1) is 24.4 Å². The third-order valence-corrected chi connectivity index (χ3v) is 3.59. The molecule has 3 atom stereocenters. The van der Waals surface area contributed by atoms with Crippen molar-refractivity contribution in [3.8, 4) is 0 Å². The predicted molar refractivity (Wildman–Crippen MR) is 62.7 cm³/mol. The van der Waals surface area contributed by atoms with Crippen molar-refractivity contribution < 1.29 is 14.3 Å². The first kappa shape index (κ1) is 10.8.